The molecule has 8 nitrogen and oxygen atoms in total. The lowest BCUT2D eigenvalue weighted by molar-refractivity contribution is -0.105. The van der Waals surface area contributed by atoms with Gasteiger partial charge in [0, 0.05) is 11.4 Å². The smallest absolute Gasteiger partial charge is 0.229 e. The number of hydrogen-bond acceptors (Lipinski definition) is 7. The maximum Gasteiger partial charge on any atom is 0.229 e. The lowest BCUT2D eigenvalue weighted by atomic mass is 10.2. The molecule has 0 aliphatic rings. The van der Waals surface area contributed by atoms with Crippen molar-refractivity contribution in [3.63, 3.8) is 0 Å². The van der Waals surface area contributed by atoms with E-state index in [0.29, 0.717) is 29.6 Å². The fraction of sp³-hybridized carbons (Fsp3) is 0.211. The first-order valence-electron chi connectivity index (χ1n) is 8.70. The van der Waals surface area contributed by atoms with E-state index in [4.69, 9.17) is 11.6 Å². The number of benzene rings is 1. The van der Waals surface area contributed by atoms with Crippen molar-refractivity contribution in [1.29, 1.82) is 0 Å². The van der Waals surface area contributed by atoms with Gasteiger partial charge < -0.3 is 16.4 Å². The molecule has 0 bridgehead atoms. The molecule has 0 radical (unpaired) electrons. The number of hydrazine groups is 1. The summed E-state index contributed by atoms with van der Waals surface area (Å²) in [7, 11) is 0. The van der Waals surface area contributed by atoms with E-state index in [0.717, 1.165) is 24.2 Å². The maximum absolute atomic E-state index is 10.6. The summed E-state index contributed by atoms with van der Waals surface area (Å²) < 4.78 is 0. The summed E-state index contributed by atoms with van der Waals surface area (Å²) in [5.41, 5.74) is 8.58. The number of nitrogens with zero attached hydrogens (tertiary/aromatic N) is 3. The number of hydrogen-bond donors (Lipinski definition) is 4. The Morgan fingerprint density at radius 1 is 1.26 bits per heavy atom. The Kier molecular flexibility index (Phi) is 7.33. The third-order valence-electron chi connectivity index (χ3n) is 3.58. The predicted octanol–water partition coefficient (Wildman–Crippen LogP) is 3.31. The monoisotopic (exact) mass is 367 g/mol. The Bertz CT molecular complexity index is 833. The highest BCUT2D eigenvalue weighted by molar-refractivity contribution is 5.74. The molecule has 6 N–H and O–H groups in total. The van der Waals surface area contributed by atoms with Crippen LogP contribution in [0.1, 0.15) is 26.7 Å². The van der Waals surface area contributed by atoms with Gasteiger partial charge in [-0.05, 0) is 37.1 Å². The van der Waals surface area contributed by atoms with Gasteiger partial charge in [0.25, 0.3) is 0 Å². The van der Waals surface area contributed by atoms with Gasteiger partial charge in [-0.15, -0.1) is 0 Å². The van der Waals surface area contributed by atoms with Gasteiger partial charge in [0.05, 0.1) is 17.6 Å². The van der Waals surface area contributed by atoms with Crippen molar-refractivity contribution < 1.29 is 4.79 Å². The predicted molar refractivity (Wildman–Crippen MR) is 110 cm³/mol. The van der Waals surface area contributed by atoms with E-state index in [1.54, 1.807) is 18.2 Å². The van der Waals surface area contributed by atoms with E-state index in [1.807, 2.05) is 31.2 Å². The Balaban J connectivity index is 2.29. The zero-order valence-corrected chi connectivity index (χ0v) is 15.5. The minimum atomic E-state index is 0.341. The minimum absolute atomic E-state index is 0.341. The standard InChI is InChI=1S/C19H25N7O/c1-3-5-10-16(7-4-2)26(21)18-17(20)12-22-19(25-18)24-15-9-6-8-14(11-15)23-13-27/h5-13H,3-4,20-21H2,1-2H3,(H,23,27)(H,22,24,25)/b10-5-,16-7+. The Labute approximate surface area is 159 Å². The van der Waals surface area contributed by atoms with E-state index < -0.39 is 0 Å². The van der Waals surface area contributed by atoms with Crippen molar-refractivity contribution >= 4 is 35.2 Å². The number of aromatic nitrogens is 2. The van der Waals surface area contributed by atoms with Gasteiger partial charge in [-0.2, -0.15) is 4.98 Å². The summed E-state index contributed by atoms with van der Waals surface area (Å²) in [5.74, 6) is 7.00. The second-order valence-corrected chi connectivity index (χ2v) is 5.66. The molecule has 0 unspecified atom stereocenters. The van der Waals surface area contributed by atoms with E-state index in [-0.39, 0.29) is 0 Å². The van der Waals surface area contributed by atoms with Crippen molar-refractivity contribution in [2.24, 2.45) is 5.84 Å². The Hall–Kier alpha value is -3.39. The first-order chi connectivity index (χ1) is 13.1. The molecule has 0 spiro atoms. The van der Waals surface area contributed by atoms with Gasteiger partial charge in [-0.1, -0.05) is 32.1 Å². The van der Waals surface area contributed by atoms with Gasteiger partial charge in [-0.3, -0.25) is 9.80 Å². The normalized spacial score (nSPS) is 11.4. The van der Waals surface area contributed by atoms with Gasteiger partial charge >= 0.3 is 0 Å². The molecular weight excluding hydrogens is 342 g/mol. The fourth-order valence-electron chi connectivity index (χ4n) is 2.34. The average molecular weight is 367 g/mol. The molecule has 1 amide bonds. The van der Waals surface area contributed by atoms with Crippen LogP contribution in [0.4, 0.5) is 28.8 Å². The third kappa shape index (κ3) is 5.55. The highest BCUT2D eigenvalue weighted by atomic mass is 16.1. The number of allylic oxidation sites excluding steroid dienone is 3. The molecule has 2 aromatic rings. The lowest BCUT2D eigenvalue weighted by Gasteiger charge is -2.21. The van der Waals surface area contributed by atoms with Crippen LogP contribution in [0.3, 0.4) is 0 Å². The molecule has 0 aliphatic carbocycles. The Morgan fingerprint density at radius 2 is 2.04 bits per heavy atom. The maximum atomic E-state index is 10.6. The highest BCUT2D eigenvalue weighted by Gasteiger charge is 2.13. The molecule has 1 aromatic carbocycles. The van der Waals surface area contributed by atoms with E-state index in [9.17, 15) is 4.79 Å². The molecule has 8 heteroatoms. The van der Waals surface area contributed by atoms with Crippen LogP contribution in [0, 0.1) is 0 Å². The van der Waals surface area contributed by atoms with E-state index in [2.05, 4.69) is 27.5 Å². The molecule has 0 fully saturated rings. The zero-order chi connectivity index (χ0) is 19.6. The average Bonchev–Trinajstić information content (AvgIpc) is 2.67. The summed E-state index contributed by atoms with van der Waals surface area (Å²) >= 11 is 0. The molecule has 1 heterocycles. The highest BCUT2D eigenvalue weighted by Crippen LogP contribution is 2.25. The van der Waals surface area contributed by atoms with Gasteiger partial charge in [0.1, 0.15) is 0 Å². The number of amides is 1. The van der Waals surface area contributed by atoms with Crippen LogP contribution in [0.15, 0.2) is 54.4 Å². The number of carbonyl (C=O) groups excluding carboxylic acids is 1. The largest absolute Gasteiger partial charge is 0.394 e. The summed E-state index contributed by atoms with van der Waals surface area (Å²) in [6, 6.07) is 7.18. The number of nitrogens with one attached hydrogen (secondary N) is 2. The van der Waals surface area contributed by atoms with Gasteiger partial charge in [-0.25, -0.2) is 10.8 Å². The molecule has 0 saturated heterocycles. The second-order valence-electron chi connectivity index (χ2n) is 5.66. The third-order valence-corrected chi connectivity index (χ3v) is 3.58. The number of anilines is 5. The second kappa shape index (κ2) is 9.93. The SMILES string of the molecule is CC/C=C\C(=C/CC)N(N)c1nc(Nc2cccc(NC=O)c2)ncc1N. The topological polar surface area (TPSA) is 122 Å². The van der Waals surface area contributed by atoms with Crippen LogP contribution < -0.4 is 27.2 Å². The molecule has 142 valence electrons. The summed E-state index contributed by atoms with van der Waals surface area (Å²) in [4.78, 5) is 19.2. The molecule has 1 aromatic heterocycles. The molecular formula is C19H25N7O. The van der Waals surface area contributed by atoms with E-state index >= 15 is 0 Å². The van der Waals surface area contributed by atoms with Crippen molar-refractivity contribution in [1.82, 2.24) is 9.97 Å². The molecule has 2 rings (SSSR count). The molecule has 0 aliphatic heterocycles. The van der Waals surface area contributed by atoms with Crippen molar-refractivity contribution in [2.45, 2.75) is 26.7 Å². The van der Waals surface area contributed by atoms with Gasteiger partial charge in [0.2, 0.25) is 12.4 Å². The van der Waals surface area contributed by atoms with E-state index in [1.165, 1.54) is 11.2 Å². The molecule has 27 heavy (non-hydrogen) atoms. The molecule has 0 saturated carbocycles. The summed E-state index contributed by atoms with van der Waals surface area (Å²) in [6.45, 7) is 4.08. The van der Waals surface area contributed by atoms with Gasteiger partial charge in [0.15, 0.2) is 5.82 Å². The van der Waals surface area contributed by atoms with Crippen molar-refractivity contribution in [3.8, 4) is 0 Å². The zero-order valence-electron chi connectivity index (χ0n) is 15.5. The van der Waals surface area contributed by atoms with Crippen LogP contribution >= 0.6 is 0 Å². The quantitative estimate of drug-likeness (QED) is 0.232. The lowest BCUT2D eigenvalue weighted by Crippen LogP contribution is -2.31. The molecule has 0 atom stereocenters. The van der Waals surface area contributed by atoms with Crippen LogP contribution in [0.25, 0.3) is 0 Å². The number of rotatable bonds is 9. The minimum Gasteiger partial charge on any atom is -0.394 e. The van der Waals surface area contributed by atoms with Crippen LogP contribution in [-0.2, 0) is 4.79 Å². The number of nitrogen functional groups attached to an aromatic ring is 1. The summed E-state index contributed by atoms with van der Waals surface area (Å²) in [6.07, 6.45) is 9.79. The van der Waals surface area contributed by atoms with Crippen molar-refractivity contribution in [2.75, 3.05) is 21.4 Å². The van der Waals surface area contributed by atoms with Crippen molar-refractivity contribution in [3.05, 3.63) is 54.4 Å². The first kappa shape index (κ1) is 19.9. The van der Waals surface area contributed by atoms with Crippen LogP contribution in [0.2, 0.25) is 0 Å². The Morgan fingerprint density at radius 3 is 2.74 bits per heavy atom. The number of carbonyl (C=O) groups is 1. The first-order valence-corrected chi connectivity index (χ1v) is 8.70. The van der Waals surface area contributed by atoms with Crippen LogP contribution in [-0.4, -0.2) is 16.4 Å². The van der Waals surface area contributed by atoms with Crippen LogP contribution in [0.5, 0.6) is 0 Å². The number of nitrogens with two attached hydrogens (primary N) is 2. The summed E-state index contributed by atoms with van der Waals surface area (Å²) in [5, 5.41) is 7.13. The fourth-order valence-corrected chi connectivity index (χ4v) is 2.34.